The topological polar surface area (TPSA) is 15.7 Å². The monoisotopic (exact) mass is 268 g/mol. The van der Waals surface area contributed by atoms with E-state index >= 15 is 0 Å². The Morgan fingerprint density at radius 2 is 1.95 bits per heavy atom. The number of hydrogen-bond acceptors (Lipinski definition) is 3. The molecule has 19 heavy (non-hydrogen) atoms. The number of nitrogens with zero attached hydrogens (tertiary/aromatic N) is 2. The molecule has 3 nitrogen and oxygen atoms in total. The highest BCUT2D eigenvalue weighted by atomic mass is 16.5. The van der Waals surface area contributed by atoms with E-state index in [1.165, 1.54) is 32.5 Å². The average Bonchev–Trinajstić information content (AvgIpc) is 2.80. The number of ether oxygens (including phenoxy) is 1. The van der Waals surface area contributed by atoms with Crippen molar-refractivity contribution in [1.29, 1.82) is 0 Å². The molecule has 2 aliphatic heterocycles. The highest BCUT2D eigenvalue weighted by molar-refractivity contribution is 4.93. The van der Waals surface area contributed by atoms with E-state index in [4.69, 9.17) is 4.74 Å². The van der Waals surface area contributed by atoms with E-state index in [2.05, 4.69) is 37.5 Å². The number of rotatable bonds is 6. The minimum atomic E-state index is 0.646. The quantitative estimate of drug-likeness (QED) is 0.688. The average molecular weight is 268 g/mol. The van der Waals surface area contributed by atoms with Gasteiger partial charge in [0.25, 0.3) is 0 Å². The first-order valence-corrected chi connectivity index (χ1v) is 8.13. The Morgan fingerprint density at radius 1 is 1.16 bits per heavy atom. The Bertz CT molecular complexity index is 267. The molecule has 2 heterocycles. The third kappa shape index (κ3) is 4.17. The Labute approximate surface area is 119 Å². The van der Waals surface area contributed by atoms with Crippen LogP contribution < -0.4 is 0 Å². The van der Waals surface area contributed by atoms with Crippen molar-refractivity contribution in [1.82, 2.24) is 9.80 Å². The maximum atomic E-state index is 5.78. The van der Waals surface area contributed by atoms with E-state index in [-0.39, 0.29) is 0 Å². The van der Waals surface area contributed by atoms with Gasteiger partial charge in [0, 0.05) is 38.3 Å². The fraction of sp³-hybridized carbons (Fsp3) is 1.00. The van der Waals surface area contributed by atoms with Gasteiger partial charge >= 0.3 is 0 Å². The van der Waals surface area contributed by atoms with Crippen molar-refractivity contribution in [2.75, 3.05) is 39.4 Å². The van der Waals surface area contributed by atoms with Crippen molar-refractivity contribution < 1.29 is 4.74 Å². The molecule has 2 rings (SSSR count). The van der Waals surface area contributed by atoms with Gasteiger partial charge in [0.15, 0.2) is 0 Å². The van der Waals surface area contributed by atoms with Crippen LogP contribution in [0.15, 0.2) is 0 Å². The minimum Gasteiger partial charge on any atom is -0.380 e. The lowest BCUT2D eigenvalue weighted by Gasteiger charge is -2.45. The highest BCUT2D eigenvalue weighted by Crippen LogP contribution is 2.27. The lowest BCUT2D eigenvalue weighted by Crippen LogP contribution is -2.58. The summed E-state index contributed by atoms with van der Waals surface area (Å²) in [7, 11) is 0. The number of fused-ring (bicyclic) bond motifs is 1. The van der Waals surface area contributed by atoms with Crippen LogP contribution in [-0.2, 0) is 4.74 Å². The third-order valence-electron chi connectivity index (χ3n) is 4.58. The molecule has 2 unspecified atom stereocenters. The lowest BCUT2D eigenvalue weighted by atomic mass is 9.97. The first-order chi connectivity index (χ1) is 9.08. The Balaban J connectivity index is 1.81. The van der Waals surface area contributed by atoms with Crippen LogP contribution in [0.3, 0.4) is 0 Å². The molecule has 3 heteroatoms. The van der Waals surface area contributed by atoms with E-state index < -0.39 is 0 Å². The molecule has 0 aromatic heterocycles. The van der Waals surface area contributed by atoms with Crippen LogP contribution in [0, 0.1) is 11.8 Å². The summed E-state index contributed by atoms with van der Waals surface area (Å²) in [6.45, 7) is 15.9. The minimum absolute atomic E-state index is 0.646. The molecule has 0 bridgehead atoms. The SMILES string of the molecule is CC(C)COCCN1CC2CCCN2CC1C(C)C. The van der Waals surface area contributed by atoms with E-state index in [1.807, 2.05) is 0 Å². The van der Waals surface area contributed by atoms with Gasteiger partial charge in [-0.3, -0.25) is 9.80 Å². The molecular weight excluding hydrogens is 236 g/mol. The van der Waals surface area contributed by atoms with Crippen LogP contribution in [0.1, 0.15) is 40.5 Å². The lowest BCUT2D eigenvalue weighted by molar-refractivity contribution is 0.00423. The second-order valence-electron chi connectivity index (χ2n) is 7.07. The summed E-state index contributed by atoms with van der Waals surface area (Å²) in [6, 6.07) is 1.54. The molecule has 0 radical (unpaired) electrons. The molecule has 2 atom stereocenters. The maximum absolute atomic E-state index is 5.78. The fourth-order valence-electron chi connectivity index (χ4n) is 3.49. The molecule has 0 aliphatic carbocycles. The zero-order chi connectivity index (χ0) is 13.8. The van der Waals surface area contributed by atoms with Crippen LogP contribution >= 0.6 is 0 Å². The van der Waals surface area contributed by atoms with E-state index in [0.717, 1.165) is 37.8 Å². The molecule has 0 N–H and O–H groups in total. The normalized spacial score (nSPS) is 29.4. The second-order valence-corrected chi connectivity index (χ2v) is 7.07. The van der Waals surface area contributed by atoms with Crippen molar-refractivity contribution in [2.45, 2.75) is 52.6 Å². The molecule has 2 fully saturated rings. The van der Waals surface area contributed by atoms with Gasteiger partial charge in [-0.25, -0.2) is 0 Å². The molecule has 2 saturated heterocycles. The van der Waals surface area contributed by atoms with Crippen molar-refractivity contribution >= 4 is 0 Å². The van der Waals surface area contributed by atoms with E-state index in [0.29, 0.717) is 5.92 Å². The summed E-state index contributed by atoms with van der Waals surface area (Å²) in [6.07, 6.45) is 2.79. The van der Waals surface area contributed by atoms with E-state index in [9.17, 15) is 0 Å². The molecule has 0 aromatic carbocycles. The zero-order valence-corrected chi connectivity index (χ0v) is 13.3. The second kappa shape index (κ2) is 7.05. The third-order valence-corrected chi connectivity index (χ3v) is 4.58. The molecule has 0 aromatic rings. The predicted octanol–water partition coefficient (Wildman–Crippen LogP) is 2.46. The molecule has 0 saturated carbocycles. The van der Waals surface area contributed by atoms with Crippen LogP contribution in [0.4, 0.5) is 0 Å². The molecule has 0 spiro atoms. The van der Waals surface area contributed by atoms with Crippen molar-refractivity contribution in [3.05, 3.63) is 0 Å². The highest BCUT2D eigenvalue weighted by Gasteiger charge is 2.36. The largest absolute Gasteiger partial charge is 0.380 e. The molecule has 112 valence electrons. The smallest absolute Gasteiger partial charge is 0.0593 e. The maximum Gasteiger partial charge on any atom is 0.0593 e. The van der Waals surface area contributed by atoms with Crippen LogP contribution in [0.2, 0.25) is 0 Å². The van der Waals surface area contributed by atoms with Gasteiger partial charge in [0.2, 0.25) is 0 Å². The summed E-state index contributed by atoms with van der Waals surface area (Å²) in [5, 5.41) is 0. The van der Waals surface area contributed by atoms with Gasteiger partial charge in [0.1, 0.15) is 0 Å². The van der Waals surface area contributed by atoms with Gasteiger partial charge in [-0.1, -0.05) is 27.7 Å². The Kier molecular flexibility index (Phi) is 5.67. The fourth-order valence-corrected chi connectivity index (χ4v) is 3.49. The standard InChI is InChI=1S/C16H32N2O/c1-13(2)12-19-9-8-18-10-15-6-5-7-17(15)11-16(18)14(3)4/h13-16H,5-12H2,1-4H3. The zero-order valence-electron chi connectivity index (χ0n) is 13.3. The number of piperazine rings is 1. The summed E-state index contributed by atoms with van der Waals surface area (Å²) in [5.41, 5.74) is 0. The van der Waals surface area contributed by atoms with Gasteiger partial charge in [-0.05, 0) is 31.2 Å². The number of hydrogen-bond donors (Lipinski definition) is 0. The summed E-state index contributed by atoms with van der Waals surface area (Å²) in [5.74, 6) is 1.39. The first kappa shape index (κ1) is 15.3. The van der Waals surface area contributed by atoms with Gasteiger partial charge < -0.3 is 4.74 Å². The molecular formula is C16H32N2O. The Morgan fingerprint density at radius 3 is 2.63 bits per heavy atom. The summed E-state index contributed by atoms with van der Waals surface area (Å²) >= 11 is 0. The van der Waals surface area contributed by atoms with Crippen molar-refractivity contribution in [3.8, 4) is 0 Å². The van der Waals surface area contributed by atoms with Gasteiger partial charge in [-0.15, -0.1) is 0 Å². The molecule has 0 amide bonds. The van der Waals surface area contributed by atoms with Crippen molar-refractivity contribution in [3.63, 3.8) is 0 Å². The van der Waals surface area contributed by atoms with Crippen molar-refractivity contribution in [2.24, 2.45) is 11.8 Å². The Hall–Kier alpha value is -0.120. The van der Waals surface area contributed by atoms with Crippen LogP contribution in [0.5, 0.6) is 0 Å². The van der Waals surface area contributed by atoms with Gasteiger partial charge in [0.05, 0.1) is 6.61 Å². The first-order valence-electron chi connectivity index (χ1n) is 8.13. The molecule has 2 aliphatic rings. The predicted molar refractivity (Wildman–Crippen MR) is 80.5 cm³/mol. The summed E-state index contributed by atoms with van der Waals surface area (Å²) in [4.78, 5) is 5.41. The van der Waals surface area contributed by atoms with Crippen LogP contribution in [-0.4, -0.2) is 61.3 Å². The van der Waals surface area contributed by atoms with Gasteiger partial charge in [-0.2, -0.15) is 0 Å². The van der Waals surface area contributed by atoms with Crippen LogP contribution in [0.25, 0.3) is 0 Å². The summed E-state index contributed by atoms with van der Waals surface area (Å²) < 4.78 is 5.78. The van der Waals surface area contributed by atoms with E-state index in [1.54, 1.807) is 0 Å².